The molecule has 98 valence electrons. The van der Waals surface area contributed by atoms with Crippen LogP contribution < -0.4 is 0 Å². The first-order valence-electron chi connectivity index (χ1n) is 5.76. The summed E-state index contributed by atoms with van der Waals surface area (Å²) in [5.41, 5.74) is 1.25. The number of alkyl halides is 2. The highest BCUT2D eigenvalue weighted by molar-refractivity contribution is 7.98. The van der Waals surface area contributed by atoms with E-state index in [-0.39, 0.29) is 5.56 Å². The topological polar surface area (TPSA) is 17.1 Å². The van der Waals surface area contributed by atoms with Gasteiger partial charge in [0, 0.05) is 16.2 Å². The number of hydrogen-bond acceptors (Lipinski definition) is 2. The highest BCUT2D eigenvalue weighted by Gasteiger charge is 2.17. The van der Waals surface area contributed by atoms with Crippen molar-refractivity contribution in [1.29, 1.82) is 0 Å². The molecule has 0 radical (unpaired) electrons. The number of carbonyl (C=O) groups is 1. The maximum absolute atomic E-state index is 12.2. The molecule has 0 aliphatic carbocycles. The number of ketones is 1. The van der Waals surface area contributed by atoms with Gasteiger partial charge < -0.3 is 0 Å². The first-order valence-corrected chi connectivity index (χ1v) is 6.74. The van der Waals surface area contributed by atoms with Crippen molar-refractivity contribution < 1.29 is 13.6 Å². The fourth-order valence-corrected chi connectivity index (χ4v) is 2.44. The second kappa shape index (κ2) is 6.48. The molecule has 0 unspecified atom stereocenters. The van der Waals surface area contributed by atoms with Gasteiger partial charge >= 0.3 is 6.43 Å². The van der Waals surface area contributed by atoms with Crippen molar-refractivity contribution in [3.05, 3.63) is 65.7 Å². The molecular formula is C15H12F2OS. The number of rotatable bonds is 5. The fraction of sp³-hybridized carbons (Fsp3) is 0.133. The average molecular weight is 278 g/mol. The van der Waals surface area contributed by atoms with Crippen LogP contribution in [0.3, 0.4) is 0 Å². The molecule has 4 heteroatoms. The normalized spacial score (nSPS) is 10.7. The lowest BCUT2D eigenvalue weighted by Crippen LogP contribution is -2.09. The third-order valence-corrected chi connectivity index (χ3v) is 3.67. The van der Waals surface area contributed by atoms with Gasteiger partial charge in [-0.1, -0.05) is 42.5 Å². The molecule has 0 fully saturated rings. The van der Waals surface area contributed by atoms with Crippen molar-refractivity contribution >= 4 is 17.5 Å². The van der Waals surface area contributed by atoms with Crippen LogP contribution in [0.15, 0.2) is 59.5 Å². The van der Waals surface area contributed by atoms with Crippen LogP contribution in [0.25, 0.3) is 0 Å². The molecule has 0 aromatic heterocycles. The summed E-state index contributed by atoms with van der Waals surface area (Å²) in [6.45, 7) is 0. The highest BCUT2D eigenvalue weighted by atomic mass is 32.2. The zero-order valence-corrected chi connectivity index (χ0v) is 10.9. The van der Waals surface area contributed by atoms with Crippen molar-refractivity contribution in [2.45, 2.75) is 17.1 Å². The highest BCUT2D eigenvalue weighted by Crippen LogP contribution is 2.23. The summed E-state index contributed by atoms with van der Waals surface area (Å²) in [4.78, 5) is 12.0. The van der Waals surface area contributed by atoms with E-state index in [1.807, 2.05) is 30.3 Å². The van der Waals surface area contributed by atoms with Crippen LogP contribution in [0.1, 0.15) is 15.9 Å². The molecule has 0 aliphatic rings. The minimum absolute atomic E-state index is 0.0547. The van der Waals surface area contributed by atoms with Crippen LogP contribution in [0.5, 0.6) is 0 Å². The van der Waals surface area contributed by atoms with E-state index >= 15 is 0 Å². The Balaban J connectivity index is 1.98. The second-order valence-corrected chi connectivity index (χ2v) is 5.01. The lowest BCUT2D eigenvalue weighted by atomic mass is 10.1. The molecule has 0 heterocycles. The predicted molar refractivity (Wildman–Crippen MR) is 72.8 cm³/mol. The summed E-state index contributed by atoms with van der Waals surface area (Å²) >= 11 is 1.60. The summed E-state index contributed by atoms with van der Waals surface area (Å²) in [7, 11) is 0. The Hall–Kier alpha value is -1.68. The summed E-state index contributed by atoms with van der Waals surface area (Å²) in [5, 5.41) is 0. The molecule has 1 nitrogen and oxygen atoms in total. The van der Waals surface area contributed by atoms with Gasteiger partial charge in [-0.05, 0) is 17.7 Å². The standard InChI is InChI=1S/C15H12F2OS/c16-15(17)14(18)12-6-8-13(9-7-12)19-10-11-4-2-1-3-5-11/h1-9,15H,10H2. The molecular weight excluding hydrogens is 266 g/mol. The molecule has 0 spiro atoms. The maximum atomic E-state index is 12.2. The van der Waals surface area contributed by atoms with E-state index < -0.39 is 12.2 Å². The molecule has 0 saturated heterocycles. The van der Waals surface area contributed by atoms with Gasteiger partial charge in [0.25, 0.3) is 0 Å². The zero-order valence-electron chi connectivity index (χ0n) is 10.1. The summed E-state index contributed by atoms with van der Waals surface area (Å²) in [5.74, 6) is -0.317. The third kappa shape index (κ3) is 3.89. The van der Waals surface area contributed by atoms with E-state index in [9.17, 15) is 13.6 Å². The average Bonchev–Trinajstić information content (AvgIpc) is 2.46. The predicted octanol–water partition coefficient (Wildman–Crippen LogP) is 4.43. The Kier molecular flexibility index (Phi) is 4.68. The molecule has 2 rings (SSSR count). The summed E-state index contributed by atoms with van der Waals surface area (Å²) < 4.78 is 24.5. The van der Waals surface area contributed by atoms with Crippen LogP contribution in [0.2, 0.25) is 0 Å². The Morgan fingerprint density at radius 2 is 1.63 bits per heavy atom. The van der Waals surface area contributed by atoms with E-state index in [0.717, 1.165) is 10.6 Å². The number of hydrogen-bond donors (Lipinski definition) is 0. The van der Waals surface area contributed by atoms with Gasteiger partial charge in [-0.3, -0.25) is 4.79 Å². The van der Waals surface area contributed by atoms with Crippen molar-refractivity contribution in [1.82, 2.24) is 0 Å². The van der Waals surface area contributed by atoms with E-state index in [2.05, 4.69) is 0 Å². The molecule has 0 bridgehead atoms. The molecule has 0 aliphatic heterocycles. The van der Waals surface area contributed by atoms with Gasteiger partial charge in [0.05, 0.1) is 0 Å². The van der Waals surface area contributed by atoms with Crippen LogP contribution >= 0.6 is 11.8 Å². The van der Waals surface area contributed by atoms with Crippen LogP contribution in [0.4, 0.5) is 8.78 Å². The van der Waals surface area contributed by atoms with E-state index in [1.54, 1.807) is 23.9 Å². The lowest BCUT2D eigenvalue weighted by molar-refractivity contribution is 0.0678. The minimum atomic E-state index is -2.94. The van der Waals surface area contributed by atoms with Gasteiger partial charge in [-0.15, -0.1) is 11.8 Å². The number of benzene rings is 2. The van der Waals surface area contributed by atoms with Crippen LogP contribution in [0, 0.1) is 0 Å². The first kappa shape index (κ1) is 13.7. The molecule has 0 amide bonds. The van der Waals surface area contributed by atoms with Crippen molar-refractivity contribution in [2.24, 2.45) is 0 Å². The van der Waals surface area contributed by atoms with Gasteiger partial charge in [-0.2, -0.15) is 0 Å². The van der Waals surface area contributed by atoms with E-state index in [0.29, 0.717) is 0 Å². The molecule has 0 N–H and O–H groups in total. The quantitative estimate of drug-likeness (QED) is 0.594. The fourth-order valence-electron chi connectivity index (χ4n) is 1.58. The van der Waals surface area contributed by atoms with Crippen molar-refractivity contribution in [3.63, 3.8) is 0 Å². The third-order valence-electron chi connectivity index (χ3n) is 2.59. The Bertz CT molecular complexity index is 538. The summed E-state index contributed by atoms with van der Waals surface area (Å²) in [6, 6.07) is 16.2. The second-order valence-electron chi connectivity index (χ2n) is 3.96. The first-order chi connectivity index (χ1) is 9.16. The Morgan fingerprint density at radius 3 is 2.21 bits per heavy atom. The number of Topliss-reactive ketones (excluding diaryl/α,β-unsaturated/α-hetero) is 1. The molecule has 19 heavy (non-hydrogen) atoms. The molecule has 0 atom stereocenters. The number of carbonyl (C=O) groups excluding carboxylic acids is 1. The molecule has 0 saturated carbocycles. The van der Waals surface area contributed by atoms with E-state index in [1.165, 1.54) is 17.7 Å². The van der Waals surface area contributed by atoms with Crippen molar-refractivity contribution in [3.8, 4) is 0 Å². The monoisotopic (exact) mass is 278 g/mol. The van der Waals surface area contributed by atoms with Gasteiger partial charge in [-0.25, -0.2) is 8.78 Å². The maximum Gasteiger partial charge on any atom is 0.300 e. The van der Waals surface area contributed by atoms with Gasteiger partial charge in [0.2, 0.25) is 5.78 Å². The van der Waals surface area contributed by atoms with Crippen LogP contribution in [-0.2, 0) is 5.75 Å². The van der Waals surface area contributed by atoms with Crippen molar-refractivity contribution in [2.75, 3.05) is 0 Å². The Labute approximate surface area is 114 Å². The van der Waals surface area contributed by atoms with E-state index in [4.69, 9.17) is 0 Å². The SMILES string of the molecule is O=C(c1ccc(SCc2ccccc2)cc1)C(F)F. The van der Waals surface area contributed by atoms with Crippen LogP contribution in [-0.4, -0.2) is 12.2 Å². The number of thioether (sulfide) groups is 1. The Morgan fingerprint density at radius 1 is 1.00 bits per heavy atom. The van der Waals surface area contributed by atoms with Gasteiger partial charge in [0.15, 0.2) is 0 Å². The minimum Gasteiger partial charge on any atom is -0.288 e. The lowest BCUT2D eigenvalue weighted by Gasteiger charge is -2.03. The smallest absolute Gasteiger partial charge is 0.288 e. The molecule has 2 aromatic carbocycles. The largest absolute Gasteiger partial charge is 0.300 e. The number of halogens is 2. The summed E-state index contributed by atoms with van der Waals surface area (Å²) in [6.07, 6.45) is -2.94. The zero-order chi connectivity index (χ0) is 13.7. The molecule has 2 aromatic rings. The van der Waals surface area contributed by atoms with Gasteiger partial charge in [0.1, 0.15) is 0 Å².